The van der Waals surface area contributed by atoms with Crippen LogP contribution in [0.2, 0.25) is 0 Å². The Morgan fingerprint density at radius 3 is 0.912 bits per heavy atom. The van der Waals surface area contributed by atoms with E-state index < -0.39 is 5.97 Å². The number of unbranched alkanes of at least 4 members (excludes halogenated alkanes) is 20. The molecule has 0 rings (SSSR count). The van der Waals surface area contributed by atoms with Crippen LogP contribution in [-0.2, 0) is 9.53 Å². The van der Waals surface area contributed by atoms with Crippen molar-refractivity contribution in [1.82, 2.24) is 0 Å². The first-order chi connectivity index (χ1) is 16.1. The Bertz CT molecular complexity index is 309. The molecule has 0 aromatic rings. The first-order valence-corrected chi connectivity index (χ1v) is 14.4. The van der Waals surface area contributed by atoms with E-state index in [0.29, 0.717) is 0 Å². The molecule has 0 radical (unpaired) electrons. The number of rotatable bonds is 24. The van der Waals surface area contributed by atoms with E-state index in [0.717, 1.165) is 20.1 Å². The van der Waals surface area contributed by atoms with Gasteiger partial charge in [-0.3, -0.25) is 0 Å². The normalized spacial score (nSPS) is 9.85. The second kappa shape index (κ2) is 43.3. The summed E-state index contributed by atoms with van der Waals surface area (Å²) in [7, 11) is 0. The van der Waals surface area contributed by atoms with Crippen LogP contribution in [0.15, 0.2) is 13.2 Å². The zero-order valence-electron chi connectivity index (χ0n) is 24.1. The van der Waals surface area contributed by atoms with Crippen LogP contribution in [0.5, 0.6) is 0 Å². The maximum atomic E-state index is 8.89. The van der Waals surface area contributed by atoms with E-state index in [1.165, 1.54) is 141 Å². The second-order valence-corrected chi connectivity index (χ2v) is 9.18. The molecule has 0 aliphatic heterocycles. The van der Waals surface area contributed by atoms with E-state index in [9.17, 15) is 0 Å². The summed E-state index contributed by atoms with van der Waals surface area (Å²) in [4.78, 5) is 8.89. The summed E-state index contributed by atoms with van der Waals surface area (Å²) in [6, 6.07) is 0. The molecule has 0 unspecified atom stereocenters. The molecular weight excluding hydrogens is 431 g/mol. The zero-order chi connectivity index (χ0) is 25.3. The van der Waals surface area contributed by atoms with E-state index in [1.807, 2.05) is 0 Å². The molecule has 0 fully saturated rings. The largest absolute Gasteiger partial charge is 1.00 e. The SMILES string of the molecule is C=C.CC(=O)[O-].CCCCCCCCCCCCCOCCCCCCCCCCCCC.[Na+]. The topological polar surface area (TPSA) is 49.4 Å². The number of hydrogen-bond donors (Lipinski definition) is 0. The van der Waals surface area contributed by atoms with E-state index in [4.69, 9.17) is 14.6 Å². The van der Waals surface area contributed by atoms with Gasteiger partial charge in [0, 0.05) is 19.2 Å². The Labute approximate surface area is 237 Å². The van der Waals surface area contributed by atoms with Gasteiger partial charge in [0.05, 0.1) is 0 Å². The maximum Gasteiger partial charge on any atom is 1.00 e. The Morgan fingerprint density at radius 1 is 0.529 bits per heavy atom. The molecule has 0 aliphatic rings. The minimum Gasteiger partial charge on any atom is -0.550 e. The maximum absolute atomic E-state index is 8.89. The third-order valence-corrected chi connectivity index (χ3v) is 5.78. The summed E-state index contributed by atoms with van der Waals surface area (Å²) in [5, 5.41) is 8.89. The summed E-state index contributed by atoms with van der Waals surface area (Å²) < 4.78 is 5.80. The van der Waals surface area contributed by atoms with Crippen LogP contribution < -0.4 is 34.7 Å². The predicted octanol–water partition coefficient (Wildman–Crippen LogP) is 6.19. The summed E-state index contributed by atoms with van der Waals surface area (Å²) in [5.74, 6) is -1.08. The fraction of sp³-hybridized carbons (Fsp3) is 0.900. The molecule has 0 spiro atoms. The molecule has 0 saturated carbocycles. The van der Waals surface area contributed by atoms with Crippen LogP contribution in [0.1, 0.15) is 162 Å². The van der Waals surface area contributed by atoms with E-state index in [-0.39, 0.29) is 29.6 Å². The van der Waals surface area contributed by atoms with Crippen LogP contribution in [0.3, 0.4) is 0 Å². The molecule has 0 heterocycles. The summed E-state index contributed by atoms with van der Waals surface area (Å²) in [6.45, 7) is 13.5. The summed E-state index contributed by atoms with van der Waals surface area (Å²) in [5.41, 5.74) is 0. The van der Waals surface area contributed by atoms with E-state index >= 15 is 0 Å². The molecule has 4 heteroatoms. The molecule has 34 heavy (non-hydrogen) atoms. The van der Waals surface area contributed by atoms with Gasteiger partial charge in [-0.2, -0.15) is 0 Å². The number of carboxylic acids is 1. The average Bonchev–Trinajstić information content (AvgIpc) is 2.80. The molecule has 0 amide bonds. The number of aliphatic carboxylic acids is 1. The van der Waals surface area contributed by atoms with Crippen molar-refractivity contribution in [3.05, 3.63) is 13.2 Å². The molecule has 0 aromatic heterocycles. The summed E-state index contributed by atoms with van der Waals surface area (Å²) >= 11 is 0. The molecule has 0 N–H and O–H groups in total. The van der Waals surface area contributed by atoms with Gasteiger partial charge in [-0.25, -0.2) is 0 Å². The van der Waals surface area contributed by atoms with Crippen molar-refractivity contribution in [2.24, 2.45) is 0 Å². The second-order valence-electron chi connectivity index (χ2n) is 9.18. The Balaban J connectivity index is -0.000000577. The standard InChI is InChI=1S/C26H54O.C2H4O2.C2H4.Na/c1-3-5-7-9-11-13-15-17-19-21-23-25-27-26-24-22-20-18-16-14-12-10-8-6-4-2;1-2(3)4;1-2;/h3-26H2,1-2H3;1H3,(H,3,4);1-2H2;/q;;;+1/p-1. The van der Waals surface area contributed by atoms with Crippen molar-refractivity contribution in [3.8, 4) is 0 Å². The minimum absolute atomic E-state index is 0. The van der Waals surface area contributed by atoms with Gasteiger partial charge in [-0.15, -0.1) is 13.2 Å². The van der Waals surface area contributed by atoms with Crippen molar-refractivity contribution in [1.29, 1.82) is 0 Å². The number of carbonyl (C=O) groups excluding carboxylic acids is 1. The summed E-state index contributed by atoms with van der Waals surface area (Å²) in [6.07, 6.45) is 31.1. The first-order valence-electron chi connectivity index (χ1n) is 14.4. The fourth-order valence-electron chi connectivity index (χ4n) is 3.84. The van der Waals surface area contributed by atoms with Crippen molar-refractivity contribution in [2.45, 2.75) is 162 Å². The third-order valence-electron chi connectivity index (χ3n) is 5.78. The number of carboxylic acid groups (broad SMARTS) is 1. The van der Waals surface area contributed by atoms with E-state index in [2.05, 4.69) is 27.0 Å². The van der Waals surface area contributed by atoms with Crippen LogP contribution in [0, 0.1) is 0 Å². The zero-order valence-corrected chi connectivity index (χ0v) is 26.1. The Hall–Kier alpha value is 0.170. The molecule has 200 valence electrons. The number of ether oxygens (including phenoxy) is 1. The molecule has 0 bridgehead atoms. The average molecular weight is 493 g/mol. The van der Waals surface area contributed by atoms with Gasteiger partial charge in [0.2, 0.25) is 0 Å². The molecule has 0 aliphatic carbocycles. The Morgan fingerprint density at radius 2 is 0.706 bits per heavy atom. The third kappa shape index (κ3) is 53.5. The van der Waals surface area contributed by atoms with E-state index in [1.54, 1.807) is 0 Å². The number of hydrogen-bond acceptors (Lipinski definition) is 3. The van der Waals surface area contributed by atoms with Gasteiger partial charge >= 0.3 is 29.6 Å². The number of carbonyl (C=O) groups is 1. The van der Waals surface area contributed by atoms with Gasteiger partial charge in [-0.05, 0) is 19.8 Å². The van der Waals surface area contributed by atoms with Gasteiger partial charge in [0.1, 0.15) is 0 Å². The fourth-order valence-corrected chi connectivity index (χ4v) is 3.84. The van der Waals surface area contributed by atoms with Gasteiger partial charge in [-0.1, -0.05) is 142 Å². The van der Waals surface area contributed by atoms with Crippen molar-refractivity contribution >= 4 is 5.97 Å². The molecule has 3 nitrogen and oxygen atoms in total. The quantitative estimate of drug-likeness (QED) is 0.0917. The van der Waals surface area contributed by atoms with Crippen LogP contribution >= 0.6 is 0 Å². The van der Waals surface area contributed by atoms with Crippen LogP contribution in [-0.4, -0.2) is 19.2 Å². The molecule has 0 atom stereocenters. The van der Waals surface area contributed by atoms with Gasteiger partial charge in [0.15, 0.2) is 0 Å². The van der Waals surface area contributed by atoms with Crippen molar-refractivity contribution in [3.63, 3.8) is 0 Å². The van der Waals surface area contributed by atoms with Crippen molar-refractivity contribution < 1.29 is 44.2 Å². The first kappa shape index (κ1) is 41.3. The van der Waals surface area contributed by atoms with Crippen LogP contribution in [0.25, 0.3) is 0 Å². The predicted molar refractivity (Wildman–Crippen MR) is 146 cm³/mol. The minimum atomic E-state index is -1.08. The van der Waals surface area contributed by atoms with Gasteiger partial charge < -0.3 is 14.6 Å². The van der Waals surface area contributed by atoms with Crippen LogP contribution in [0.4, 0.5) is 0 Å². The smallest absolute Gasteiger partial charge is 0.550 e. The van der Waals surface area contributed by atoms with Gasteiger partial charge in [0.25, 0.3) is 0 Å². The molecule has 0 aromatic carbocycles. The monoisotopic (exact) mass is 492 g/mol. The van der Waals surface area contributed by atoms with Crippen molar-refractivity contribution in [2.75, 3.05) is 13.2 Å². The molecular formula is C30H61NaO3. The Kier molecular flexibility index (Phi) is 52.6. The molecule has 0 saturated heterocycles.